The van der Waals surface area contributed by atoms with Crippen LogP contribution in [0.1, 0.15) is 37.5 Å². The summed E-state index contributed by atoms with van der Waals surface area (Å²) in [7, 11) is 1.89. The summed E-state index contributed by atoms with van der Waals surface area (Å²) in [5.41, 5.74) is 0. The molecule has 1 saturated heterocycles. The van der Waals surface area contributed by atoms with E-state index in [0.29, 0.717) is 0 Å². The third-order valence-corrected chi connectivity index (χ3v) is 3.14. The molecule has 1 aliphatic rings. The van der Waals surface area contributed by atoms with Crippen molar-refractivity contribution >= 4 is 0 Å². The molecule has 1 aliphatic heterocycles. The molecule has 1 atom stereocenters. The third kappa shape index (κ3) is 2.80. The van der Waals surface area contributed by atoms with Gasteiger partial charge in [-0.25, -0.2) is 0 Å². The van der Waals surface area contributed by atoms with Crippen molar-refractivity contribution in [3.63, 3.8) is 0 Å². The van der Waals surface area contributed by atoms with Crippen LogP contribution in [0.4, 0.5) is 0 Å². The molecule has 2 heterocycles. The second-order valence-electron chi connectivity index (χ2n) is 4.36. The fraction of sp³-hybridized carbons (Fsp3) is 0.818. The van der Waals surface area contributed by atoms with E-state index in [-0.39, 0.29) is 6.04 Å². The first-order chi connectivity index (χ1) is 7.79. The van der Waals surface area contributed by atoms with Crippen molar-refractivity contribution in [2.24, 2.45) is 0 Å². The quantitative estimate of drug-likeness (QED) is 0.808. The predicted octanol–water partition coefficient (Wildman–Crippen LogP) is 0.988. The third-order valence-electron chi connectivity index (χ3n) is 3.14. The van der Waals surface area contributed by atoms with Crippen molar-refractivity contribution < 1.29 is 4.52 Å². The Morgan fingerprint density at radius 1 is 1.44 bits per heavy atom. The molecule has 0 aliphatic carbocycles. The molecule has 0 aromatic carbocycles. The number of aromatic nitrogens is 2. The summed E-state index contributed by atoms with van der Waals surface area (Å²) in [5.74, 6) is 1.50. The molecule has 1 N–H and O–H groups in total. The minimum atomic E-state index is 0.157. The van der Waals surface area contributed by atoms with Crippen molar-refractivity contribution in [2.45, 2.75) is 32.2 Å². The molecule has 1 aromatic heterocycles. The molecule has 1 aromatic rings. The van der Waals surface area contributed by atoms with Crippen LogP contribution in [0.25, 0.3) is 0 Å². The summed E-state index contributed by atoms with van der Waals surface area (Å²) in [6.45, 7) is 5.49. The molecule has 5 heteroatoms. The van der Waals surface area contributed by atoms with Gasteiger partial charge in [0.2, 0.25) is 5.89 Å². The van der Waals surface area contributed by atoms with Crippen molar-refractivity contribution in [2.75, 3.05) is 26.7 Å². The van der Waals surface area contributed by atoms with Crippen LogP contribution < -0.4 is 5.32 Å². The molecule has 0 spiro atoms. The highest BCUT2D eigenvalue weighted by Crippen LogP contribution is 2.10. The molecule has 90 valence electrons. The second-order valence-corrected chi connectivity index (χ2v) is 4.36. The van der Waals surface area contributed by atoms with Crippen LogP contribution in [-0.2, 0) is 6.42 Å². The maximum Gasteiger partial charge on any atom is 0.227 e. The van der Waals surface area contributed by atoms with E-state index in [2.05, 4.69) is 20.4 Å². The van der Waals surface area contributed by atoms with Crippen LogP contribution in [0.5, 0.6) is 0 Å². The molecule has 5 nitrogen and oxygen atoms in total. The zero-order valence-corrected chi connectivity index (χ0v) is 10.1. The Morgan fingerprint density at radius 2 is 2.19 bits per heavy atom. The summed E-state index contributed by atoms with van der Waals surface area (Å²) in [5, 5.41) is 7.06. The Hall–Kier alpha value is -0.940. The fourth-order valence-electron chi connectivity index (χ4n) is 1.93. The molecule has 16 heavy (non-hydrogen) atoms. The van der Waals surface area contributed by atoms with Gasteiger partial charge < -0.3 is 14.7 Å². The molecular formula is C11H20N4O. The van der Waals surface area contributed by atoms with Gasteiger partial charge in [0.15, 0.2) is 5.82 Å². The number of nitrogens with one attached hydrogen (secondary N) is 1. The van der Waals surface area contributed by atoms with E-state index in [1.807, 2.05) is 14.0 Å². The van der Waals surface area contributed by atoms with Gasteiger partial charge >= 0.3 is 0 Å². The van der Waals surface area contributed by atoms with Crippen LogP contribution in [0.3, 0.4) is 0 Å². The molecule has 1 fully saturated rings. The standard InChI is InChI=1S/C11H20N4O/c1-9(12-2)11-13-10(16-14-11)5-8-15-6-3-4-7-15/h9,12H,3-8H2,1-2H3. The van der Waals surface area contributed by atoms with E-state index in [9.17, 15) is 0 Å². The summed E-state index contributed by atoms with van der Waals surface area (Å²) >= 11 is 0. The summed E-state index contributed by atoms with van der Waals surface area (Å²) < 4.78 is 5.22. The Balaban J connectivity index is 1.82. The number of hydrogen-bond donors (Lipinski definition) is 1. The van der Waals surface area contributed by atoms with Gasteiger partial charge in [0, 0.05) is 13.0 Å². The van der Waals surface area contributed by atoms with Crippen LogP contribution in [0.15, 0.2) is 4.52 Å². The predicted molar refractivity (Wildman–Crippen MR) is 61.2 cm³/mol. The molecule has 0 amide bonds. The largest absolute Gasteiger partial charge is 0.339 e. The smallest absolute Gasteiger partial charge is 0.227 e. The maximum atomic E-state index is 5.22. The van der Waals surface area contributed by atoms with Crippen molar-refractivity contribution in [1.82, 2.24) is 20.4 Å². The SMILES string of the molecule is CNC(C)c1noc(CCN2CCCC2)n1. The second kappa shape index (κ2) is 5.41. The van der Waals surface area contributed by atoms with Crippen molar-refractivity contribution in [1.29, 1.82) is 0 Å². The van der Waals surface area contributed by atoms with Gasteiger partial charge in [-0.1, -0.05) is 5.16 Å². The maximum absolute atomic E-state index is 5.22. The number of nitrogens with zero attached hydrogens (tertiary/aromatic N) is 3. The average Bonchev–Trinajstić information content (AvgIpc) is 2.96. The summed E-state index contributed by atoms with van der Waals surface area (Å²) in [6.07, 6.45) is 3.52. The highest BCUT2D eigenvalue weighted by atomic mass is 16.5. The normalized spacial score (nSPS) is 19.1. The Morgan fingerprint density at radius 3 is 2.88 bits per heavy atom. The highest BCUT2D eigenvalue weighted by Gasteiger charge is 2.15. The molecule has 0 radical (unpaired) electrons. The molecule has 0 saturated carbocycles. The van der Waals surface area contributed by atoms with Crippen LogP contribution in [0.2, 0.25) is 0 Å². The molecule has 0 bridgehead atoms. The minimum absolute atomic E-state index is 0.157. The lowest BCUT2D eigenvalue weighted by Crippen LogP contribution is -2.22. The van der Waals surface area contributed by atoms with Gasteiger partial charge in [0.25, 0.3) is 0 Å². The van der Waals surface area contributed by atoms with Gasteiger partial charge in [-0.3, -0.25) is 0 Å². The van der Waals surface area contributed by atoms with Gasteiger partial charge in [-0.15, -0.1) is 0 Å². The molecule has 1 unspecified atom stereocenters. The minimum Gasteiger partial charge on any atom is -0.339 e. The monoisotopic (exact) mass is 224 g/mol. The highest BCUT2D eigenvalue weighted by molar-refractivity contribution is 4.92. The van der Waals surface area contributed by atoms with Gasteiger partial charge in [0.05, 0.1) is 6.04 Å². The van der Waals surface area contributed by atoms with E-state index >= 15 is 0 Å². The van der Waals surface area contributed by atoms with E-state index < -0.39 is 0 Å². The van der Waals surface area contributed by atoms with E-state index in [4.69, 9.17) is 4.52 Å². The van der Waals surface area contributed by atoms with Crippen LogP contribution in [0, 0.1) is 0 Å². The van der Waals surface area contributed by atoms with E-state index in [0.717, 1.165) is 24.7 Å². The Bertz CT molecular complexity index is 320. The zero-order chi connectivity index (χ0) is 11.4. The Kier molecular flexibility index (Phi) is 3.90. The first-order valence-corrected chi connectivity index (χ1v) is 6.01. The summed E-state index contributed by atoms with van der Waals surface area (Å²) in [6, 6.07) is 0.157. The lowest BCUT2D eigenvalue weighted by Gasteiger charge is -2.11. The van der Waals surface area contributed by atoms with Crippen molar-refractivity contribution in [3.8, 4) is 0 Å². The van der Waals surface area contributed by atoms with Crippen LogP contribution in [-0.4, -0.2) is 41.7 Å². The first kappa shape index (κ1) is 11.5. The van der Waals surface area contributed by atoms with Crippen LogP contribution >= 0.6 is 0 Å². The number of hydrogen-bond acceptors (Lipinski definition) is 5. The van der Waals surface area contributed by atoms with Gasteiger partial charge in [-0.05, 0) is 39.9 Å². The number of likely N-dealkylation sites (tertiary alicyclic amines) is 1. The molecule has 2 rings (SSSR count). The van der Waals surface area contributed by atoms with Gasteiger partial charge in [0.1, 0.15) is 0 Å². The van der Waals surface area contributed by atoms with Gasteiger partial charge in [-0.2, -0.15) is 4.98 Å². The first-order valence-electron chi connectivity index (χ1n) is 6.01. The average molecular weight is 224 g/mol. The van der Waals surface area contributed by atoms with E-state index in [1.54, 1.807) is 0 Å². The van der Waals surface area contributed by atoms with E-state index in [1.165, 1.54) is 25.9 Å². The fourth-order valence-corrected chi connectivity index (χ4v) is 1.93. The lowest BCUT2D eigenvalue weighted by molar-refractivity contribution is 0.310. The zero-order valence-electron chi connectivity index (χ0n) is 10.1. The lowest BCUT2D eigenvalue weighted by atomic mass is 10.3. The summed E-state index contributed by atoms with van der Waals surface area (Å²) in [4.78, 5) is 6.82. The Labute approximate surface area is 96.2 Å². The number of rotatable bonds is 5. The molecular weight excluding hydrogens is 204 g/mol. The van der Waals surface area contributed by atoms with Crippen molar-refractivity contribution in [3.05, 3.63) is 11.7 Å². The topological polar surface area (TPSA) is 54.2 Å².